The Balaban J connectivity index is 1.79. The third kappa shape index (κ3) is 3.19. The molecular weight excluding hydrogens is 417 g/mol. The van der Waals surface area contributed by atoms with Crippen LogP contribution in [0.25, 0.3) is 0 Å². The number of ketones is 1. The van der Waals surface area contributed by atoms with E-state index in [1.54, 1.807) is 4.90 Å². The first-order chi connectivity index (χ1) is 11.1. The lowest BCUT2D eigenvalue weighted by Gasteiger charge is -2.40. The van der Waals surface area contributed by atoms with Gasteiger partial charge in [-0.15, -0.1) is 0 Å². The number of Topliss-reactive ketones (excluding diaryl/α,β-unsaturated/α-hetero) is 1. The highest BCUT2D eigenvalue weighted by Gasteiger charge is 2.46. The van der Waals surface area contributed by atoms with E-state index in [-0.39, 0.29) is 17.3 Å². The fraction of sp³-hybridized carbons (Fsp3) is 0.579. The van der Waals surface area contributed by atoms with Gasteiger partial charge in [-0.25, -0.2) is 4.79 Å². The molecule has 1 aliphatic carbocycles. The monoisotopic (exact) mass is 441 g/mol. The minimum absolute atomic E-state index is 0.0987. The minimum atomic E-state index is -0.476. The Hall–Kier alpha value is -1.11. The molecule has 0 unspecified atom stereocenters. The highest BCUT2D eigenvalue weighted by Crippen LogP contribution is 2.47. The van der Waals surface area contributed by atoms with Crippen LogP contribution in [0.5, 0.6) is 0 Å². The number of rotatable bonds is 0. The van der Waals surface area contributed by atoms with Gasteiger partial charge in [-0.2, -0.15) is 0 Å². The van der Waals surface area contributed by atoms with E-state index in [4.69, 9.17) is 4.74 Å². The number of carbonyl (C=O) groups excluding carboxylic acids is 2. The molecule has 0 N–H and O–H groups in total. The highest BCUT2D eigenvalue weighted by atomic mass is 127. The highest BCUT2D eigenvalue weighted by molar-refractivity contribution is 14.1. The van der Waals surface area contributed by atoms with Crippen LogP contribution < -0.4 is 0 Å². The predicted octanol–water partition coefficient (Wildman–Crippen LogP) is 4.45. The van der Waals surface area contributed by atoms with Crippen LogP contribution in [0.4, 0.5) is 4.79 Å². The quantitative estimate of drug-likeness (QED) is 0.559. The number of fused-ring (bicyclic) bond motifs is 2. The first kappa shape index (κ1) is 17.7. The number of piperidine rings is 1. The molecule has 4 nitrogen and oxygen atoms in total. The van der Waals surface area contributed by atoms with Crippen molar-refractivity contribution in [3.8, 4) is 0 Å². The summed E-state index contributed by atoms with van der Waals surface area (Å²) in [7, 11) is 0. The van der Waals surface area contributed by atoms with E-state index >= 15 is 0 Å². The largest absolute Gasteiger partial charge is 0.444 e. The maximum atomic E-state index is 12.5. The van der Waals surface area contributed by atoms with Gasteiger partial charge in [-0.05, 0) is 86.4 Å². The van der Waals surface area contributed by atoms with Gasteiger partial charge in [-0.1, -0.05) is 0 Å². The van der Waals surface area contributed by atoms with Gasteiger partial charge < -0.3 is 9.64 Å². The number of halogens is 1. The molecule has 1 fully saturated rings. The number of likely N-dealkylation sites (tertiary alicyclic amines) is 1. The summed E-state index contributed by atoms with van der Waals surface area (Å²) in [6, 6.07) is 4.22. The number of benzene rings is 1. The molecule has 3 rings (SSSR count). The molecule has 0 atom stereocenters. The first-order valence-electron chi connectivity index (χ1n) is 8.43. The number of nitrogens with zero attached hydrogens (tertiary/aromatic N) is 1. The van der Waals surface area contributed by atoms with Crippen molar-refractivity contribution < 1.29 is 14.3 Å². The van der Waals surface area contributed by atoms with Crippen molar-refractivity contribution >= 4 is 34.5 Å². The van der Waals surface area contributed by atoms with Crippen LogP contribution in [0.3, 0.4) is 0 Å². The van der Waals surface area contributed by atoms with Gasteiger partial charge >= 0.3 is 6.09 Å². The van der Waals surface area contributed by atoms with Crippen LogP contribution in [-0.2, 0) is 10.2 Å². The summed E-state index contributed by atoms with van der Waals surface area (Å²) in [5.74, 6) is 0.246. The van der Waals surface area contributed by atoms with Crippen molar-refractivity contribution in [2.24, 2.45) is 0 Å². The predicted molar refractivity (Wildman–Crippen MR) is 102 cm³/mol. The second-order valence-corrected chi connectivity index (χ2v) is 9.16. The van der Waals surface area contributed by atoms with E-state index in [9.17, 15) is 9.59 Å². The summed E-state index contributed by atoms with van der Waals surface area (Å²) in [5, 5.41) is 0. The van der Waals surface area contributed by atoms with Crippen molar-refractivity contribution in [2.45, 2.75) is 58.0 Å². The molecule has 0 aromatic heterocycles. The fourth-order valence-electron chi connectivity index (χ4n) is 3.74. The number of carbonyl (C=O) groups is 2. The average molecular weight is 441 g/mol. The molecular formula is C19H24INO3. The maximum absolute atomic E-state index is 12.5. The van der Waals surface area contributed by atoms with Crippen LogP contribution >= 0.6 is 22.6 Å². The zero-order valence-electron chi connectivity index (χ0n) is 14.7. The van der Waals surface area contributed by atoms with E-state index in [2.05, 4.69) is 28.7 Å². The average Bonchev–Trinajstić information content (AvgIpc) is 2.71. The first-order valence-corrected chi connectivity index (χ1v) is 9.51. The van der Waals surface area contributed by atoms with Gasteiger partial charge in [0.15, 0.2) is 5.78 Å². The Bertz CT molecular complexity index is 697. The van der Waals surface area contributed by atoms with Crippen LogP contribution in [0.1, 0.15) is 61.5 Å². The van der Waals surface area contributed by atoms with E-state index in [0.717, 1.165) is 24.0 Å². The number of ether oxygens (including phenoxy) is 1. The maximum Gasteiger partial charge on any atom is 0.410 e. The van der Waals surface area contributed by atoms with Crippen molar-refractivity contribution in [2.75, 3.05) is 13.1 Å². The molecule has 0 saturated carbocycles. The van der Waals surface area contributed by atoms with Crippen LogP contribution in [-0.4, -0.2) is 35.5 Å². The molecule has 5 heteroatoms. The SMILES string of the molecule is Cc1cc2c(cc1I)C1(CCN(C(=O)OC(C)(C)C)CC1)CC2=O. The second-order valence-electron chi connectivity index (χ2n) is 7.99. The van der Waals surface area contributed by atoms with E-state index in [1.807, 2.05) is 33.8 Å². The molecule has 1 aromatic rings. The Morgan fingerprint density at radius 3 is 2.46 bits per heavy atom. The summed E-state index contributed by atoms with van der Waals surface area (Å²) in [6.07, 6.45) is 1.97. The molecule has 1 aliphatic heterocycles. The summed E-state index contributed by atoms with van der Waals surface area (Å²) in [4.78, 5) is 26.5. The van der Waals surface area contributed by atoms with E-state index < -0.39 is 5.60 Å². The van der Waals surface area contributed by atoms with Gasteiger partial charge in [0.1, 0.15) is 5.60 Å². The van der Waals surface area contributed by atoms with Crippen molar-refractivity contribution in [1.82, 2.24) is 4.90 Å². The molecule has 1 saturated heterocycles. The molecule has 1 spiro atoms. The topological polar surface area (TPSA) is 46.6 Å². The summed E-state index contributed by atoms with van der Waals surface area (Å²) in [5.41, 5.74) is 2.66. The lowest BCUT2D eigenvalue weighted by molar-refractivity contribution is 0.0166. The number of aryl methyl sites for hydroxylation is 1. The Labute approximate surface area is 157 Å². The Kier molecular flexibility index (Phi) is 4.43. The van der Waals surface area contributed by atoms with Gasteiger partial charge in [0, 0.05) is 34.1 Å². The summed E-state index contributed by atoms with van der Waals surface area (Å²) < 4.78 is 6.68. The Morgan fingerprint density at radius 1 is 1.25 bits per heavy atom. The van der Waals surface area contributed by atoms with Crippen LogP contribution in [0.15, 0.2) is 12.1 Å². The molecule has 1 amide bonds. The lowest BCUT2D eigenvalue weighted by Crippen LogP contribution is -2.46. The van der Waals surface area contributed by atoms with Gasteiger partial charge in [0.2, 0.25) is 0 Å². The standard InChI is InChI=1S/C19H24INO3/c1-12-9-13-14(10-15(12)20)19(11-16(13)22)5-7-21(8-6-19)17(23)24-18(2,3)4/h9-10H,5-8,11H2,1-4H3. The third-order valence-corrected chi connectivity index (χ3v) is 6.20. The number of hydrogen-bond acceptors (Lipinski definition) is 3. The summed E-state index contributed by atoms with van der Waals surface area (Å²) >= 11 is 2.34. The molecule has 1 aromatic carbocycles. The van der Waals surface area contributed by atoms with E-state index in [0.29, 0.717) is 19.5 Å². The molecule has 24 heavy (non-hydrogen) atoms. The fourth-order valence-corrected chi connectivity index (χ4v) is 4.21. The number of amides is 1. The zero-order chi connectivity index (χ0) is 17.7. The summed E-state index contributed by atoms with van der Waals surface area (Å²) in [6.45, 7) is 8.98. The smallest absolute Gasteiger partial charge is 0.410 e. The molecule has 1 heterocycles. The van der Waals surface area contributed by atoms with Crippen molar-refractivity contribution in [1.29, 1.82) is 0 Å². The van der Waals surface area contributed by atoms with Gasteiger partial charge in [0.05, 0.1) is 0 Å². The van der Waals surface area contributed by atoms with Crippen LogP contribution in [0, 0.1) is 10.5 Å². The van der Waals surface area contributed by atoms with Crippen LogP contribution in [0.2, 0.25) is 0 Å². The molecule has 130 valence electrons. The second kappa shape index (κ2) is 6.00. The Morgan fingerprint density at radius 2 is 1.88 bits per heavy atom. The molecule has 2 aliphatic rings. The lowest BCUT2D eigenvalue weighted by atomic mass is 9.74. The van der Waals surface area contributed by atoms with Gasteiger partial charge in [-0.3, -0.25) is 4.79 Å². The van der Waals surface area contributed by atoms with Crippen molar-refractivity contribution in [3.63, 3.8) is 0 Å². The number of hydrogen-bond donors (Lipinski definition) is 0. The third-order valence-electron chi connectivity index (χ3n) is 5.04. The minimum Gasteiger partial charge on any atom is -0.444 e. The molecule has 0 radical (unpaired) electrons. The zero-order valence-corrected chi connectivity index (χ0v) is 16.9. The molecule has 0 bridgehead atoms. The normalized spacial score (nSPS) is 19.5. The van der Waals surface area contributed by atoms with Crippen molar-refractivity contribution in [3.05, 3.63) is 32.4 Å². The van der Waals surface area contributed by atoms with E-state index in [1.165, 1.54) is 9.13 Å². The van der Waals surface area contributed by atoms with Gasteiger partial charge in [0.25, 0.3) is 0 Å².